The number of carbonyl (C=O) groups is 1. The van der Waals surface area contributed by atoms with Crippen LogP contribution >= 0.6 is 0 Å². The topological polar surface area (TPSA) is 84.6 Å². The first kappa shape index (κ1) is 14.6. The van der Waals surface area contributed by atoms with Crippen molar-refractivity contribution in [3.63, 3.8) is 0 Å². The number of nitrogens with one attached hydrogen (secondary N) is 1. The molecule has 6 heteroatoms. The van der Waals surface area contributed by atoms with Crippen molar-refractivity contribution < 1.29 is 19.2 Å². The fourth-order valence-corrected chi connectivity index (χ4v) is 2.18. The summed E-state index contributed by atoms with van der Waals surface area (Å²) in [5, 5.41) is 16.2. The van der Waals surface area contributed by atoms with Gasteiger partial charge in [-0.05, 0) is 36.4 Å². The van der Waals surface area contributed by atoms with Crippen LogP contribution in [0.3, 0.4) is 0 Å². The van der Waals surface area contributed by atoms with E-state index in [-0.39, 0.29) is 5.56 Å². The van der Waals surface area contributed by atoms with Crippen molar-refractivity contribution in [2.24, 2.45) is 0 Å². The Morgan fingerprint density at radius 2 is 1.96 bits per heavy atom. The molecule has 0 spiro atoms. The van der Waals surface area contributed by atoms with Gasteiger partial charge >= 0.3 is 5.97 Å². The summed E-state index contributed by atoms with van der Waals surface area (Å²) in [6.45, 7) is 0. The van der Waals surface area contributed by atoms with E-state index < -0.39 is 5.97 Å². The number of benzene rings is 2. The minimum atomic E-state index is -1.07. The molecule has 0 aliphatic heterocycles. The highest BCUT2D eigenvalue weighted by molar-refractivity contribution is 5.94. The molecule has 0 aliphatic rings. The second-order valence-corrected chi connectivity index (χ2v) is 4.82. The molecule has 6 nitrogen and oxygen atoms in total. The van der Waals surface area contributed by atoms with E-state index in [9.17, 15) is 4.79 Å². The second-order valence-electron chi connectivity index (χ2n) is 4.82. The zero-order chi connectivity index (χ0) is 16.2. The third-order valence-electron chi connectivity index (χ3n) is 3.31. The van der Waals surface area contributed by atoms with Crippen LogP contribution in [0.2, 0.25) is 0 Å². The number of aromatic nitrogens is 1. The lowest BCUT2D eigenvalue weighted by atomic mass is 10.1. The van der Waals surface area contributed by atoms with Crippen LogP contribution in [-0.2, 0) is 0 Å². The summed E-state index contributed by atoms with van der Waals surface area (Å²) in [7, 11) is 1.61. The smallest absolute Gasteiger partial charge is 0.341 e. The average molecular weight is 310 g/mol. The molecule has 0 fully saturated rings. The Hall–Kier alpha value is -3.28. The third-order valence-corrected chi connectivity index (χ3v) is 3.31. The summed E-state index contributed by atoms with van der Waals surface area (Å²) in [5.74, 6) is -0.298. The maximum absolute atomic E-state index is 11.2. The Morgan fingerprint density at radius 1 is 1.17 bits per heavy atom. The van der Waals surface area contributed by atoms with Gasteiger partial charge in [-0.25, -0.2) is 4.79 Å². The average Bonchev–Trinajstić information content (AvgIpc) is 3.06. The van der Waals surface area contributed by atoms with E-state index in [0.717, 1.165) is 23.4 Å². The lowest BCUT2D eigenvalue weighted by molar-refractivity contribution is 0.0697. The van der Waals surface area contributed by atoms with Crippen LogP contribution in [-0.4, -0.2) is 23.3 Å². The Balaban J connectivity index is 1.87. The van der Waals surface area contributed by atoms with Crippen LogP contribution in [0.4, 0.5) is 11.4 Å². The fraction of sp³-hybridized carbons (Fsp3) is 0.0588. The van der Waals surface area contributed by atoms with Gasteiger partial charge in [0.05, 0.1) is 7.11 Å². The highest BCUT2D eigenvalue weighted by Gasteiger charge is 2.16. The van der Waals surface area contributed by atoms with Crippen molar-refractivity contribution in [1.29, 1.82) is 0 Å². The molecule has 0 aliphatic carbocycles. The Morgan fingerprint density at radius 3 is 2.65 bits per heavy atom. The van der Waals surface area contributed by atoms with Crippen molar-refractivity contribution in [2.45, 2.75) is 0 Å². The first-order valence-corrected chi connectivity index (χ1v) is 6.86. The van der Waals surface area contributed by atoms with Crippen molar-refractivity contribution in [3.05, 3.63) is 60.4 Å². The number of hydrogen-bond acceptors (Lipinski definition) is 5. The molecule has 1 heterocycles. The number of ether oxygens (including phenoxy) is 1. The molecule has 0 radical (unpaired) electrons. The highest BCUT2D eigenvalue weighted by atomic mass is 16.5. The van der Waals surface area contributed by atoms with Crippen LogP contribution in [0, 0.1) is 0 Å². The number of aromatic carboxylic acids is 1. The van der Waals surface area contributed by atoms with Crippen molar-refractivity contribution in [2.75, 3.05) is 12.4 Å². The molecule has 0 unspecified atom stereocenters. The van der Waals surface area contributed by atoms with E-state index in [4.69, 9.17) is 14.4 Å². The van der Waals surface area contributed by atoms with Gasteiger partial charge in [-0.15, -0.1) is 0 Å². The number of methoxy groups -OCH3 is 1. The molecule has 0 saturated carbocycles. The Labute approximate surface area is 132 Å². The summed E-state index contributed by atoms with van der Waals surface area (Å²) in [4.78, 5) is 11.2. The van der Waals surface area contributed by atoms with Gasteiger partial charge in [-0.3, -0.25) is 0 Å². The molecule has 0 saturated heterocycles. The standard InChI is InChI=1S/C17H14N2O4/c1-22-14-7-5-12(6-8-14)18-13-4-2-3-11(9-13)16-15(17(20)21)10-23-19-16/h2-10,18H,1H3,(H,20,21). The molecule has 23 heavy (non-hydrogen) atoms. The monoisotopic (exact) mass is 310 g/mol. The molecule has 0 bridgehead atoms. The van der Waals surface area contributed by atoms with E-state index in [2.05, 4.69) is 10.5 Å². The third kappa shape index (κ3) is 3.16. The van der Waals surface area contributed by atoms with Gasteiger partial charge in [0, 0.05) is 16.9 Å². The molecular weight excluding hydrogens is 296 g/mol. The van der Waals surface area contributed by atoms with E-state index in [1.165, 1.54) is 0 Å². The zero-order valence-electron chi connectivity index (χ0n) is 12.3. The minimum Gasteiger partial charge on any atom is -0.497 e. The van der Waals surface area contributed by atoms with Gasteiger partial charge in [-0.2, -0.15) is 0 Å². The summed E-state index contributed by atoms with van der Waals surface area (Å²) in [6.07, 6.45) is 1.13. The van der Waals surface area contributed by atoms with E-state index in [1.54, 1.807) is 13.2 Å². The number of nitrogens with zero attached hydrogens (tertiary/aromatic N) is 1. The predicted molar refractivity (Wildman–Crippen MR) is 85.2 cm³/mol. The maximum atomic E-state index is 11.2. The maximum Gasteiger partial charge on any atom is 0.341 e. The summed E-state index contributed by atoms with van der Waals surface area (Å²) >= 11 is 0. The number of anilines is 2. The predicted octanol–water partition coefficient (Wildman–Crippen LogP) is 3.79. The van der Waals surface area contributed by atoms with Gasteiger partial charge < -0.3 is 19.7 Å². The van der Waals surface area contributed by atoms with Crippen LogP contribution in [0.5, 0.6) is 5.75 Å². The molecule has 0 amide bonds. The lowest BCUT2D eigenvalue weighted by Gasteiger charge is -2.08. The summed E-state index contributed by atoms with van der Waals surface area (Å²) in [5.41, 5.74) is 2.70. The van der Waals surface area contributed by atoms with Crippen LogP contribution in [0.15, 0.2) is 59.3 Å². The number of carboxylic acid groups (broad SMARTS) is 1. The van der Waals surface area contributed by atoms with E-state index in [0.29, 0.717) is 11.3 Å². The largest absolute Gasteiger partial charge is 0.497 e. The first-order chi connectivity index (χ1) is 11.2. The van der Waals surface area contributed by atoms with E-state index >= 15 is 0 Å². The Kier molecular flexibility index (Phi) is 3.97. The number of hydrogen-bond donors (Lipinski definition) is 2. The van der Waals surface area contributed by atoms with Gasteiger partial charge in [-0.1, -0.05) is 17.3 Å². The molecule has 2 N–H and O–H groups in total. The van der Waals surface area contributed by atoms with Crippen LogP contribution in [0.1, 0.15) is 10.4 Å². The molecule has 3 aromatic rings. The molecule has 0 atom stereocenters. The molecule has 1 aromatic heterocycles. The quantitative estimate of drug-likeness (QED) is 0.746. The SMILES string of the molecule is COc1ccc(Nc2cccc(-c3nocc3C(=O)O)c2)cc1. The molecule has 116 valence electrons. The molecule has 3 rings (SSSR count). The summed E-state index contributed by atoms with van der Waals surface area (Å²) in [6, 6.07) is 14.8. The van der Waals surface area contributed by atoms with Gasteiger partial charge in [0.2, 0.25) is 0 Å². The van der Waals surface area contributed by atoms with Crippen LogP contribution < -0.4 is 10.1 Å². The first-order valence-electron chi connectivity index (χ1n) is 6.86. The minimum absolute atomic E-state index is 0.0339. The molecule has 2 aromatic carbocycles. The second kappa shape index (κ2) is 6.23. The molecular formula is C17H14N2O4. The van der Waals surface area contributed by atoms with Gasteiger partial charge in [0.1, 0.15) is 23.3 Å². The normalized spacial score (nSPS) is 10.3. The van der Waals surface area contributed by atoms with Crippen molar-refractivity contribution in [3.8, 4) is 17.0 Å². The fourth-order valence-electron chi connectivity index (χ4n) is 2.18. The number of rotatable bonds is 5. The zero-order valence-corrected chi connectivity index (χ0v) is 12.3. The Bertz CT molecular complexity index is 825. The van der Waals surface area contributed by atoms with E-state index in [1.807, 2.05) is 42.5 Å². The highest BCUT2D eigenvalue weighted by Crippen LogP contribution is 2.27. The van der Waals surface area contributed by atoms with Crippen LogP contribution in [0.25, 0.3) is 11.3 Å². The lowest BCUT2D eigenvalue weighted by Crippen LogP contribution is -1.97. The number of carboxylic acids is 1. The van der Waals surface area contributed by atoms with Crippen molar-refractivity contribution in [1.82, 2.24) is 5.16 Å². The van der Waals surface area contributed by atoms with Gasteiger partial charge in [0.15, 0.2) is 0 Å². The van der Waals surface area contributed by atoms with Crippen molar-refractivity contribution >= 4 is 17.3 Å². The summed E-state index contributed by atoms with van der Waals surface area (Å²) < 4.78 is 9.90. The van der Waals surface area contributed by atoms with Gasteiger partial charge in [0.25, 0.3) is 0 Å².